The van der Waals surface area contributed by atoms with Gasteiger partial charge in [0, 0.05) is 18.5 Å². The maximum Gasteiger partial charge on any atom is 0.251 e. The Kier molecular flexibility index (Phi) is 9.41. The normalized spacial score (nSPS) is 10.2. The van der Waals surface area contributed by atoms with Crippen molar-refractivity contribution in [2.24, 2.45) is 0 Å². The summed E-state index contributed by atoms with van der Waals surface area (Å²) >= 11 is 0. The van der Waals surface area contributed by atoms with E-state index >= 15 is 0 Å². The third kappa shape index (κ3) is 8.12. The fourth-order valence-electron chi connectivity index (χ4n) is 2.60. The van der Waals surface area contributed by atoms with Gasteiger partial charge in [0.05, 0.1) is 13.7 Å². The predicted octanol–water partition coefficient (Wildman–Crippen LogP) is 3.18. The summed E-state index contributed by atoms with van der Waals surface area (Å²) in [4.78, 5) is 23.7. The summed E-state index contributed by atoms with van der Waals surface area (Å²) in [6, 6.07) is 16.5. The first kappa shape index (κ1) is 21.3. The maximum atomic E-state index is 11.9. The molecule has 2 aromatic carbocycles. The number of rotatable bonds is 12. The Hall–Kier alpha value is -3.02. The third-order valence-corrected chi connectivity index (χ3v) is 4.15. The summed E-state index contributed by atoms with van der Waals surface area (Å²) in [6.07, 6.45) is 3.03. The van der Waals surface area contributed by atoms with Gasteiger partial charge in [-0.15, -0.1) is 0 Å². The van der Waals surface area contributed by atoms with Gasteiger partial charge >= 0.3 is 0 Å². The quantitative estimate of drug-likeness (QED) is 0.551. The second-order valence-corrected chi connectivity index (χ2v) is 6.31. The standard InChI is InChI=1S/C22H28N2O4/c1-27-19-11-13-20(14-12-19)28-17-16-23-21(25)10-6-3-7-15-24-22(26)18-8-4-2-5-9-18/h2,4-5,8-9,11-14H,3,6-7,10,15-17H2,1H3,(H,23,25)(H,24,26). The monoisotopic (exact) mass is 384 g/mol. The van der Waals surface area contributed by atoms with Crippen LogP contribution in [0.5, 0.6) is 11.5 Å². The molecular formula is C22H28N2O4. The Bertz CT molecular complexity index is 717. The number of hydrogen-bond donors (Lipinski definition) is 2. The van der Waals surface area contributed by atoms with Gasteiger partial charge in [-0.1, -0.05) is 24.6 Å². The summed E-state index contributed by atoms with van der Waals surface area (Å²) in [5.41, 5.74) is 0.665. The first-order valence-corrected chi connectivity index (χ1v) is 9.56. The lowest BCUT2D eigenvalue weighted by molar-refractivity contribution is -0.121. The molecule has 0 aromatic heterocycles. The first-order valence-electron chi connectivity index (χ1n) is 9.56. The van der Waals surface area contributed by atoms with Gasteiger partial charge in [-0.3, -0.25) is 9.59 Å². The molecule has 0 saturated heterocycles. The van der Waals surface area contributed by atoms with Crippen molar-refractivity contribution < 1.29 is 19.1 Å². The molecule has 6 nitrogen and oxygen atoms in total. The molecule has 0 saturated carbocycles. The molecule has 28 heavy (non-hydrogen) atoms. The number of carbonyl (C=O) groups is 2. The van der Waals surface area contributed by atoms with E-state index in [2.05, 4.69) is 10.6 Å². The number of ether oxygens (including phenoxy) is 2. The van der Waals surface area contributed by atoms with Gasteiger partial charge in [0.1, 0.15) is 18.1 Å². The highest BCUT2D eigenvalue weighted by molar-refractivity contribution is 5.94. The molecule has 0 atom stereocenters. The zero-order valence-corrected chi connectivity index (χ0v) is 16.3. The molecule has 6 heteroatoms. The van der Waals surface area contributed by atoms with Crippen LogP contribution in [0, 0.1) is 0 Å². The van der Waals surface area contributed by atoms with Crippen molar-refractivity contribution >= 4 is 11.8 Å². The molecule has 0 aliphatic rings. The second kappa shape index (κ2) is 12.4. The minimum absolute atomic E-state index is 0.0200. The van der Waals surface area contributed by atoms with Crippen LogP contribution in [-0.2, 0) is 4.79 Å². The zero-order valence-electron chi connectivity index (χ0n) is 16.3. The van der Waals surface area contributed by atoms with E-state index in [4.69, 9.17) is 9.47 Å². The lowest BCUT2D eigenvalue weighted by atomic mass is 10.1. The van der Waals surface area contributed by atoms with Crippen molar-refractivity contribution in [3.63, 3.8) is 0 Å². The molecule has 2 aromatic rings. The molecule has 0 radical (unpaired) electrons. The van der Waals surface area contributed by atoms with E-state index in [0.717, 1.165) is 30.8 Å². The number of unbranched alkanes of at least 4 members (excludes halogenated alkanes) is 2. The van der Waals surface area contributed by atoms with Gasteiger partial charge in [-0.25, -0.2) is 0 Å². The highest BCUT2D eigenvalue weighted by atomic mass is 16.5. The molecule has 0 unspecified atom stereocenters. The van der Waals surface area contributed by atoms with Crippen LogP contribution >= 0.6 is 0 Å². The van der Waals surface area contributed by atoms with E-state index in [1.807, 2.05) is 42.5 Å². The number of methoxy groups -OCH3 is 1. The van der Waals surface area contributed by atoms with E-state index in [-0.39, 0.29) is 11.8 Å². The van der Waals surface area contributed by atoms with E-state index in [0.29, 0.717) is 31.7 Å². The van der Waals surface area contributed by atoms with Crippen molar-refractivity contribution in [2.75, 3.05) is 26.8 Å². The topological polar surface area (TPSA) is 76.7 Å². The molecule has 2 amide bonds. The highest BCUT2D eigenvalue weighted by Gasteiger charge is 2.04. The SMILES string of the molecule is COc1ccc(OCCNC(=O)CCCCCNC(=O)c2ccccc2)cc1. The fraction of sp³-hybridized carbons (Fsp3) is 0.364. The largest absolute Gasteiger partial charge is 0.497 e. The van der Waals surface area contributed by atoms with Gasteiger partial charge in [0.2, 0.25) is 5.91 Å². The molecule has 2 N–H and O–H groups in total. The van der Waals surface area contributed by atoms with Crippen molar-refractivity contribution in [1.29, 1.82) is 0 Å². The lowest BCUT2D eigenvalue weighted by Crippen LogP contribution is -2.28. The van der Waals surface area contributed by atoms with E-state index in [1.165, 1.54) is 0 Å². The number of benzene rings is 2. The van der Waals surface area contributed by atoms with E-state index < -0.39 is 0 Å². The van der Waals surface area contributed by atoms with Crippen LogP contribution in [-0.4, -0.2) is 38.6 Å². The van der Waals surface area contributed by atoms with Crippen LogP contribution in [0.3, 0.4) is 0 Å². The summed E-state index contributed by atoms with van der Waals surface area (Å²) in [5, 5.41) is 5.74. The Morgan fingerprint density at radius 3 is 2.25 bits per heavy atom. The third-order valence-electron chi connectivity index (χ3n) is 4.15. The van der Waals surface area contributed by atoms with Crippen molar-refractivity contribution in [1.82, 2.24) is 10.6 Å². The molecule has 0 fully saturated rings. The Balaban J connectivity index is 1.46. The lowest BCUT2D eigenvalue weighted by Gasteiger charge is -2.08. The summed E-state index contributed by atoms with van der Waals surface area (Å²) in [6.45, 7) is 1.51. The summed E-state index contributed by atoms with van der Waals surface area (Å²) in [5.74, 6) is 1.48. The van der Waals surface area contributed by atoms with Crippen molar-refractivity contribution in [3.8, 4) is 11.5 Å². The van der Waals surface area contributed by atoms with Gasteiger partial charge in [0.25, 0.3) is 5.91 Å². The number of hydrogen-bond acceptors (Lipinski definition) is 4. The van der Waals surface area contributed by atoms with Gasteiger partial charge in [-0.2, -0.15) is 0 Å². The van der Waals surface area contributed by atoms with E-state index in [1.54, 1.807) is 19.2 Å². The Morgan fingerprint density at radius 1 is 0.821 bits per heavy atom. The fourth-order valence-corrected chi connectivity index (χ4v) is 2.60. The van der Waals surface area contributed by atoms with Crippen LogP contribution in [0.15, 0.2) is 54.6 Å². The first-order chi connectivity index (χ1) is 13.7. The summed E-state index contributed by atoms with van der Waals surface area (Å²) in [7, 11) is 1.62. The molecule has 0 aliphatic heterocycles. The van der Waals surface area contributed by atoms with Gasteiger partial charge in [0.15, 0.2) is 0 Å². The number of nitrogens with one attached hydrogen (secondary N) is 2. The van der Waals surface area contributed by atoms with Crippen molar-refractivity contribution in [3.05, 3.63) is 60.2 Å². The second-order valence-electron chi connectivity index (χ2n) is 6.31. The van der Waals surface area contributed by atoms with Crippen LogP contribution in [0.25, 0.3) is 0 Å². The molecule has 0 heterocycles. The Morgan fingerprint density at radius 2 is 1.54 bits per heavy atom. The molecular weight excluding hydrogens is 356 g/mol. The number of carbonyl (C=O) groups excluding carboxylic acids is 2. The minimum atomic E-state index is -0.0600. The van der Waals surface area contributed by atoms with Crippen LogP contribution in [0.4, 0.5) is 0 Å². The minimum Gasteiger partial charge on any atom is -0.497 e. The summed E-state index contributed by atoms with van der Waals surface area (Å²) < 4.78 is 10.6. The molecule has 0 bridgehead atoms. The zero-order chi connectivity index (χ0) is 20.0. The smallest absolute Gasteiger partial charge is 0.251 e. The molecule has 150 valence electrons. The van der Waals surface area contributed by atoms with Gasteiger partial charge < -0.3 is 20.1 Å². The maximum absolute atomic E-state index is 11.9. The highest BCUT2D eigenvalue weighted by Crippen LogP contribution is 2.16. The number of amides is 2. The molecule has 0 aliphatic carbocycles. The van der Waals surface area contributed by atoms with E-state index in [9.17, 15) is 9.59 Å². The van der Waals surface area contributed by atoms with Crippen LogP contribution in [0.2, 0.25) is 0 Å². The molecule has 2 rings (SSSR count). The van der Waals surface area contributed by atoms with Crippen LogP contribution in [0.1, 0.15) is 36.0 Å². The average Bonchev–Trinajstić information content (AvgIpc) is 2.74. The average molecular weight is 384 g/mol. The predicted molar refractivity (Wildman–Crippen MR) is 109 cm³/mol. The van der Waals surface area contributed by atoms with Gasteiger partial charge in [-0.05, 0) is 49.2 Å². The Labute approximate surface area is 166 Å². The van der Waals surface area contributed by atoms with Crippen LogP contribution < -0.4 is 20.1 Å². The van der Waals surface area contributed by atoms with Crippen molar-refractivity contribution in [2.45, 2.75) is 25.7 Å². The molecule has 0 spiro atoms.